The van der Waals surface area contributed by atoms with E-state index in [-0.39, 0.29) is 37.2 Å². The molecule has 0 saturated heterocycles. The number of hydrogen-bond acceptors (Lipinski definition) is 3. The average Bonchev–Trinajstić information content (AvgIpc) is 2.22. The largest absolute Gasteiger partial charge is 0.481 e. The molecule has 0 aromatic heterocycles. The lowest BCUT2D eigenvalue weighted by atomic mass is 10.2. The molecule has 6 heteroatoms. The molecule has 0 saturated carbocycles. The summed E-state index contributed by atoms with van der Waals surface area (Å²) in [4.78, 5) is 36.4. The van der Waals surface area contributed by atoms with Gasteiger partial charge in [0, 0.05) is 27.1 Å². The fourth-order valence-electron chi connectivity index (χ4n) is 1.40. The number of carboxylic acids is 1. The first kappa shape index (κ1) is 16.4. The van der Waals surface area contributed by atoms with Crippen molar-refractivity contribution in [2.24, 2.45) is 5.92 Å². The zero-order chi connectivity index (χ0) is 14.3. The van der Waals surface area contributed by atoms with Crippen LogP contribution < -0.4 is 0 Å². The first-order chi connectivity index (χ1) is 8.23. The number of carbonyl (C=O) groups excluding carboxylic acids is 2. The Balaban J connectivity index is 4.48. The van der Waals surface area contributed by atoms with Gasteiger partial charge in [0.1, 0.15) is 0 Å². The van der Waals surface area contributed by atoms with E-state index in [0.29, 0.717) is 6.54 Å². The first-order valence-electron chi connectivity index (χ1n) is 5.95. The van der Waals surface area contributed by atoms with Gasteiger partial charge in [0.25, 0.3) is 0 Å². The fraction of sp³-hybridized carbons (Fsp3) is 0.750. The van der Waals surface area contributed by atoms with Crippen molar-refractivity contribution < 1.29 is 19.5 Å². The van der Waals surface area contributed by atoms with Crippen LogP contribution in [0.4, 0.5) is 0 Å². The van der Waals surface area contributed by atoms with Gasteiger partial charge in [-0.1, -0.05) is 13.8 Å². The SMILES string of the molecule is CC(=O)N(C)CC(=O)N(CCC(=O)O)CC(C)C. The van der Waals surface area contributed by atoms with E-state index in [1.165, 1.54) is 16.7 Å². The minimum Gasteiger partial charge on any atom is -0.481 e. The Kier molecular flexibility index (Phi) is 7.00. The van der Waals surface area contributed by atoms with Crippen LogP contribution in [0.5, 0.6) is 0 Å². The topological polar surface area (TPSA) is 77.9 Å². The van der Waals surface area contributed by atoms with Gasteiger partial charge in [-0.3, -0.25) is 14.4 Å². The normalized spacial score (nSPS) is 10.3. The number of hydrogen-bond donors (Lipinski definition) is 1. The van der Waals surface area contributed by atoms with E-state index in [1.807, 2.05) is 13.8 Å². The highest BCUT2D eigenvalue weighted by Crippen LogP contribution is 2.02. The second-order valence-electron chi connectivity index (χ2n) is 4.75. The van der Waals surface area contributed by atoms with Gasteiger partial charge in [-0.15, -0.1) is 0 Å². The smallest absolute Gasteiger partial charge is 0.305 e. The van der Waals surface area contributed by atoms with Crippen LogP contribution in [0.3, 0.4) is 0 Å². The lowest BCUT2D eigenvalue weighted by Gasteiger charge is -2.26. The van der Waals surface area contributed by atoms with Crippen molar-refractivity contribution in [2.75, 3.05) is 26.7 Å². The number of carbonyl (C=O) groups is 3. The van der Waals surface area contributed by atoms with E-state index >= 15 is 0 Å². The van der Waals surface area contributed by atoms with Gasteiger partial charge >= 0.3 is 5.97 Å². The molecule has 0 aromatic carbocycles. The van der Waals surface area contributed by atoms with Gasteiger partial charge in [-0.25, -0.2) is 0 Å². The number of likely N-dealkylation sites (N-methyl/N-ethyl adjacent to an activating group) is 1. The van der Waals surface area contributed by atoms with Gasteiger partial charge in [0.05, 0.1) is 13.0 Å². The van der Waals surface area contributed by atoms with E-state index in [4.69, 9.17) is 5.11 Å². The third kappa shape index (κ3) is 6.88. The maximum atomic E-state index is 11.9. The molecule has 18 heavy (non-hydrogen) atoms. The van der Waals surface area contributed by atoms with Crippen LogP contribution in [0.2, 0.25) is 0 Å². The van der Waals surface area contributed by atoms with Crippen molar-refractivity contribution in [3.8, 4) is 0 Å². The lowest BCUT2D eigenvalue weighted by Crippen LogP contribution is -2.42. The van der Waals surface area contributed by atoms with Crippen molar-refractivity contribution in [3.05, 3.63) is 0 Å². The van der Waals surface area contributed by atoms with E-state index in [0.717, 1.165) is 0 Å². The van der Waals surface area contributed by atoms with Gasteiger partial charge in [-0.2, -0.15) is 0 Å². The van der Waals surface area contributed by atoms with Crippen LogP contribution in [0, 0.1) is 5.92 Å². The maximum absolute atomic E-state index is 11.9. The number of amides is 2. The Morgan fingerprint density at radius 3 is 2.17 bits per heavy atom. The number of aliphatic carboxylic acids is 1. The molecule has 0 aromatic rings. The van der Waals surface area contributed by atoms with Crippen LogP contribution in [-0.2, 0) is 14.4 Å². The zero-order valence-corrected chi connectivity index (χ0v) is 11.5. The second kappa shape index (κ2) is 7.68. The molecule has 104 valence electrons. The molecule has 0 unspecified atom stereocenters. The molecular formula is C12H22N2O4. The zero-order valence-electron chi connectivity index (χ0n) is 11.5. The third-order valence-electron chi connectivity index (χ3n) is 2.44. The molecule has 0 fully saturated rings. The molecule has 0 aliphatic carbocycles. The minimum atomic E-state index is -0.934. The summed E-state index contributed by atoms with van der Waals surface area (Å²) in [5.74, 6) is -1.09. The van der Waals surface area contributed by atoms with Crippen molar-refractivity contribution in [3.63, 3.8) is 0 Å². The van der Waals surface area contributed by atoms with E-state index in [1.54, 1.807) is 7.05 Å². The number of carboxylic acid groups (broad SMARTS) is 1. The van der Waals surface area contributed by atoms with Gasteiger partial charge in [0.15, 0.2) is 0 Å². The van der Waals surface area contributed by atoms with Crippen molar-refractivity contribution in [1.29, 1.82) is 0 Å². The second-order valence-corrected chi connectivity index (χ2v) is 4.75. The molecule has 0 radical (unpaired) electrons. The molecule has 0 bridgehead atoms. The van der Waals surface area contributed by atoms with Crippen LogP contribution in [-0.4, -0.2) is 59.4 Å². The van der Waals surface area contributed by atoms with E-state index < -0.39 is 5.97 Å². The molecule has 1 N–H and O–H groups in total. The fourth-order valence-corrected chi connectivity index (χ4v) is 1.40. The van der Waals surface area contributed by atoms with E-state index in [9.17, 15) is 14.4 Å². The summed E-state index contributed by atoms with van der Waals surface area (Å²) in [7, 11) is 1.55. The van der Waals surface area contributed by atoms with Crippen molar-refractivity contribution in [1.82, 2.24) is 9.80 Å². The van der Waals surface area contributed by atoms with Gasteiger partial charge in [0.2, 0.25) is 11.8 Å². The molecule has 0 rings (SSSR count). The van der Waals surface area contributed by atoms with Crippen LogP contribution in [0.15, 0.2) is 0 Å². The summed E-state index contributed by atoms with van der Waals surface area (Å²) in [5, 5.41) is 8.65. The molecule has 0 heterocycles. The van der Waals surface area contributed by atoms with Crippen LogP contribution in [0.1, 0.15) is 27.2 Å². The summed E-state index contributed by atoms with van der Waals surface area (Å²) in [6.07, 6.45) is -0.0811. The third-order valence-corrected chi connectivity index (χ3v) is 2.44. The highest BCUT2D eigenvalue weighted by Gasteiger charge is 2.18. The molecule has 0 aliphatic heterocycles. The summed E-state index contributed by atoms with van der Waals surface area (Å²) < 4.78 is 0. The Labute approximate surface area is 108 Å². The summed E-state index contributed by atoms with van der Waals surface area (Å²) in [5.41, 5.74) is 0. The van der Waals surface area contributed by atoms with Gasteiger partial charge in [-0.05, 0) is 5.92 Å². The molecular weight excluding hydrogens is 236 g/mol. The predicted molar refractivity (Wildman–Crippen MR) is 67.0 cm³/mol. The summed E-state index contributed by atoms with van der Waals surface area (Å²) >= 11 is 0. The quantitative estimate of drug-likeness (QED) is 0.718. The van der Waals surface area contributed by atoms with Crippen LogP contribution >= 0.6 is 0 Å². The predicted octanol–water partition coefficient (Wildman–Crippen LogP) is 0.424. The van der Waals surface area contributed by atoms with E-state index in [2.05, 4.69) is 0 Å². The lowest BCUT2D eigenvalue weighted by molar-refractivity contribution is -0.141. The Morgan fingerprint density at radius 2 is 1.78 bits per heavy atom. The highest BCUT2D eigenvalue weighted by atomic mass is 16.4. The summed E-state index contributed by atoms with van der Waals surface area (Å²) in [6, 6.07) is 0. The Hall–Kier alpha value is -1.59. The van der Waals surface area contributed by atoms with Gasteiger partial charge < -0.3 is 14.9 Å². The monoisotopic (exact) mass is 258 g/mol. The Bertz CT molecular complexity index is 315. The molecule has 6 nitrogen and oxygen atoms in total. The maximum Gasteiger partial charge on any atom is 0.305 e. The Morgan fingerprint density at radius 1 is 1.22 bits per heavy atom. The molecule has 0 aliphatic rings. The molecule has 2 amide bonds. The van der Waals surface area contributed by atoms with Crippen molar-refractivity contribution in [2.45, 2.75) is 27.2 Å². The first-order valence-corrected chi connectivity index (χ1v) is 5.95. The van der Waals surface area contributed by atoms with Crippen LogP contribution in [0.25, 0.3) is 0 Å². The standard InChI is InChI=1S/C12H22N2O4/c1-9(2)7-14(6-5-12(17)18)11(16)8-13(4)10(3)15/h9H,5-8H2,1-4H3,(H,17,18). The number of nitrogens with zero attached hydrogens (tertiary/aromatic N) is 2. The molecule has 0 spiro atoms. The average molecular weight is 258 g/mol. The number of rotatable bonds is 7. The summed E-state index contributed by atoms with van der Waals surface area (Å²) in [6.45, 7) is 5.96. The minimum absolute atomic E-state index is 0.0122. The van der Waals surface area contributed by atoms with Crippen molar-refractivity contribution >= 4 is 17.8 Å². The molecule has 0 atom stereocenters. The highest BCUT2D eigenvalue weighted by molar-refractivity contribution is 5.84.